The molecule has 8 bridgehead atoms. The number of nitrogens with zero attached hydrogens (tertiary/aromatic N) is 4. The highest BCUT2D eigenvalue weighted by atomic mass is 15.4. The molecule has 6 rings (SSSR count). The summed E-state index contributed by atoms with van der Waals surface area (Å²) in [6.07, 6.45) is 12.7. The normalized spacial score (nSPS) is 15.2. The molecular formula is C27H26N6. The maximum absolute atomic E-state index is 4.82. The maximum atomic E-state index is 4.82. The third-order valence-corrected chi connectivity index (χ3v) is 6.29. The summed E-state index contributed by atoms with van der Waals surface area (Å²) in [6, 6.07) is 14.8. The topological polar surface area (TPSA) is 63.8 Å². The van der Waals surface area contributed by atoms with Gasteiger partial charge in [-0.1, -0.05) is 0 Å². The molecule has 0 saturated carbocycles. The minimum atomic E-state index is 0.159. The average molecular weight is 435 g/mol. The lowest BCUT2D eigenvalue weighted by molar-refractivity contribution is 0.167. The molecule has 0 unspecified atom stereocenters. The Morgan fingerprint density at radius 3 is 1.88 bits per heavy atom. The summed E-state index contributed by atoms with van der Waals surface area (Å²) in [6.45, 7) is 6.28. The molecule has 33 heavy (non-hydrogen) atoms. The van der Waals surface area contributed by atoms with Crippen molar-refractivity contribution >= 4 is 46.4 Å². The Balaban J connectivity index is 1.62. The van der Waals surface area contributed by atoms with Crippen molar-refractivity contribution in [3.63, 3.8) is 0 Å². The van der Waals surface area contributed by atoms with Crippen LogP contribution in [0.1, 0.15) is 48.4 Å². The van der Waals surface area contributed by atoms with E-state index in [1.54, 1.807) is 0 Å². The van der Waals surface area contributed by atoms with Gasteiger partial charge in [0.2, 0.25) is 0 Å². The van der Waals surface area contributed by atoms with E-state index >= 15 is 0 Å². The molecule has 3 aromatic rings. The molecule has 0 aromatic carbocycles. The van der Waals surface area contributed by atoms with Crippen LogP contribution in [0.2, 0.25) is 0 Å². The van der Waals surface area contributed by atoms with Gasteiger partial charge in [-0.2, -0.15) is 0 Å². The van der Waals surface area contributed by atoms with Crippen LogP contribution in [0, 0.1) is 0 Å². The van der Waals surface area contributed by atoms with E-state index in [9.17, 15) is 0 Å². The van der Waals surface area contributed by atoms with E-state index in [1.807, 2.05) is 24.3 Å². The highest BCUT2D eigenvalue weighted by Gasteiger charge is 2.27. The number of rotatable bonds is 3. The first kappa shape index (κ1) is 19.6. The number of hydrogen-bond donors (Lipinski definition) is 2. The molecule has 6 nitrogen and oxygen atoms in total. The SMILES string of the molecule is CCN1C=CN(CC)C1c1cc2cc3ccc(cc4nc(cc5nc(cc1[nH]2)C=C5)C=C4)[nH]3. The van der Waals surface area contributed by atoms with Gasteiger partial charge in [0, 0.05) is 53.1 Å². The lowest BCUT2D eigenvalue weighted by Gasteiger charge is -2.31. The molecule has 3 aliphatic rings. The summed E-state index contributed by atoms with van der Waals surface area (Å²) in [7, 11) is 0. The van der Waals surface area contributed by atoms with Gasteiger partial charge in [-0.15, -0.1) is 0 Å². The van der Waals surface area contributed by atoms with E-state index in [0.717, 1.165) is 57.9 Å². The first-order valence-corrected chi connectivity index (χ1v) is 11.5. The van der Waals surface area contributed by atoms with Gasteiger partial charge in [-0.05, 0) is 80.6 Å². The van der Waals surface area contributed by atoms with Crippen LogP contribution in [0.15, 0.2) is 54.9 Å². The van der Waals surface area contributed by atoms with Gasteiger partial charge >= 0.3 is 0 Å². The number of nitrogens with one attached hydrogen (secondary N) is 2. The third-order valence-electron chi connectivity index (χ3n) is 6.29. The molecule has 0 amide bonds. The van der Waals surface area contributed by atoms with Crippen molar-refractivity contribution in [3.8, 4) is 0 Å². The molecule has 6 heteroatoms. The van der Waals surface area contributed by atoms with Crippen molar-refractivity contribution in [2.45, 2.75) is 20.0 Å². The van der Waals surface area contributed by atoms with Gasteiger partial charge in [0.15, 0.2) is 0 Å². The van der Waals surface area contributed by atoms with Crippen molar-refractivity contribution in [2.75, 3.05) is 13.1 Å². The van der Waals surface area contributed by atoms with Crippen LogP contribution in [0.4, 0.5) is 0 Å². The molecular weight excluding hydrogens is 408 g/mol. The zero-order valence-electron chi connectivity index (χ0n) is 18.8. The number of fused-ring (bicyclic) bond motifs is 8. The Kier molecular flexibility index (Phi) is 4.64. The standard InChI is InChI=1S/C27H26N6/c1-3-32-11-12-33(4-2)27(32)25-16-24-15-22-8-7-20(29-22)13-18-5-6-19(28-18)14-21-9-10-23(30-21)17-26(25)31-24/h5-17,27,29,31H,3-4H2,1-2H3. The van der Waals surface area contributed by atoms with Crippen molar-refractivity contribution in [1.29, 1.82) is 0 Å². The Bertz CT molecular complexity index is 1450. The predicted molar refractivity (Wildman–Crippen MR) is 135 cm³/mol. The molecule has 0 aliphatic carbocycles. The largest absolute Gasteiger partial charge is 0.355 e. The lowest BCUT2D eigenvalue weighted by Crippen LogP contribution is -2.30. The second kappa shape index (κ2) is 7.81. The quantitative estimate of drug-likeness (QED) is 0.378. The average Bonchev–Trinajstić information content (AvgIpc) is 3.61. The molecule has 2 N–H and O–H groups in total. The summed E-state index contributed by atoms with van der Waals surface area (Å²) in [5.41, 5.74) is 9.13. The van der Waals surface area contributed by atoms with Crippen LogP contribution in [-0.2, 0) is 0 Å². The van der Waals surface area contributed by atoms with E-state index in [1.165, 1.54) is 5.56 Å². The van der Waals surface area contributed by atoms with Gasteiger partial charge in [0.1, 0.15) is 6.17 Å². The van der Waals surface area contributed by atoms with E-state index in [-0.39, 0.29) is 6.17 Å². The number of H-pyrrole nitrogens is 2. The minimum absolute atomic E-state index is 0.159. The van der Waals surface area contributed by atoms with Gasteiger partial charge < -0.3 is 19.8 Å². The van der Waals surface area contributed by atoms with Crippen LogP contribution in [0.3, 0.4) is 0 Å². The van der Waals surface area contributed by atoms with E-state index in [4.69, 9.17) is 9.97 Å². The minimum Gasteiger partial charge on any atom is -0.355 e. The van der Waals surface area contributed by atoms with Crippen LogP contribution in [0.5, 0.6) is 0 Å². The highest BCUT2D eigenvalue weighted by Crippen LogP contribution is 2.34. The third kappa shape index (κ3) is 3.63. The second-order valence-corrected chi connectivity index (χ2v) is 8.46. The molecule has 3 aromatic heterocycles. The summed E-state index contributed by atoms with van der Waals surface area (Å²) >= 11 is 0. The fourth-order valence-electron chi connectivity index (χ4n) is 4.69. The van der Waals surface area contributed by atoms with Gasteiger partial charge in [0.25, 0.3) is 0 Å². The number of hydrogen-bond acceptors (Lipinski definition) is 4. The van der Waals surface area contributed by atoms with Crippen LogP contribution < -0.4 is 0 Å². The van der Waals surface area contributed by atoms with Crippen LogP contribution in [0.25, 0.3) is 46.4 Å². The smallest absolute Gasteiger partial charge is 0.129 e. The second-order valence-electron chi connectivity index (χ2n) is 8.46. The molecule has 0 saturated heterocycles. The van der Waals surface area contributed by atoms with Gasteiger partial charge in [0.05, 0.1) is 22.8 Å². The molecule has 6 heterocycles. The fourth-order valence-corrected chi connectivity index (χ4v) is 4.69. The molecule has 164 valence electrons. The van der Waals surface area contributed by atoms with E-state index in [2.05, 4.69) is 88.5 Å². The Morgan fingerprint density at radius 1 is 0.667 bits per heavy atom. The van der Waals surface area contributed by atoms with Crippen LogP contribution >= 0.6 is 0 Å². The fraction of sp³-hybridized carbons (Fsp3) is 0.185. The number of aromatic nitrogens is 4. The molecule has 3 aliphatic heterocycles. The van der Waals surface area contributed by atoms with Crippen molar-refractivity contribution < 1.29 is 0 Å². The summed E-state index contributed by atoms with van der Waals surface area (Å²) in [5, 5.41) is 0. The van der Waals surface area contributed by atoms with Crippen molar-refractivity contribution in [1.82, 2.24) is 29.7 Å². The monoisotopic (exact) mass is 434 g/mol. The zero-order valence-corrected chi connectivity index (χ0v) is 18.8. The van der Waals surface area contributed by atoms with E-state index < -0.39 is 0 Å². The Hall–Kier alpha value is -4.06. The lowest BCUT2D eigenvalue weighted by atomic mass is 10.1. The molecule has 0 atom stereocenters. The Labute approximate surface area is 192 Å². The summed E-state index contributed by atoms with van der Waals surface area (Å²) < 4.78 is 0. The van der Waals surface area contributed by atoms with Crippen molar-refractivity contribution in [2.24, 2.45) is 0 Å². The first-order chi connectivity index (χ1) is 16.2. The summed E-state index contributed by atoms with van der Waals surface area (Å²) in [4.78, 5) is 21.4. The van der Waals surface area contributed by atoms with Gasteiger partial charge in [-0.3, -0.25) is 0 Å². The van der Waals surface area contributed by atoms with Crippen LogP contribution in [-0.4, -0.2) is 42.8 Å². The first-order valence-electron chi connectivity index (χ1n) is 11.5. The number of aromatic amines is 2. The predicted octanol–water partition coefficient (Wildman–Crippen LogP) is 5.78. The van der Waals surface area contributed by atoms with E-state index in [0.29, 0.717) is 0 Å². The highest BCUT2D eigenvalue weighted by molar-refractivity contribution is 5.78. The molecule has 0 spiro atoms. The molecule has 0 fully saturated rings. The Morgan fingerprint density at radius 2 is 1.24 bits per heavy atom. The maximum Gasteiger partial charge on any atom is 0.129 e. The summed E-state index contributed by atoms with van der Waals surface area (Å²) in [5.74, 6) is 0. The zero-order chi connectivity index (χ0) is 22.4. The van der Waals surface area contributed by atoms with Gasteiger partial charge in [-0.25, -0.2) is 9.97 Å². The molecule has 0 radical (unpaired) electrons. The van der Waals surface area contributed by atoms with Crippen molar-refractivity contribution in [3.05, 3.63) is 83.2 Å².